The molecule has 1 aliphatic heterocycles. The van der Waals surface area contributed by atoms with Gasteiger partial charge in [-0.1, -0.05) is 62.7 Å². The second-order valence-electron chi connectivity index (χ2n) is 10.4. The average Bonchev–Trinajstić information content (AvgIpc) is 3.25. The highest BCUT2D eigenvalue weighted by molar-refractivity contribution is 6.02. The van der Waals surface area contributed by atoms with Crippen LogP contribution >= 0.6 is 0 Å². The molecule has 1 aliphatic rings. The lowest BCUT2D eigenvalue weighted by atomic mass is 9.87. The minimum absolute atomic E-state index is 0.703. The number of nitriles is 1. The molecule has 0 aliphatic carbocycles. The first-order valence-corrected chi connectivity index (χ1v) is 13.8. The monoisotopic (exact) mass is 503 g/mol. The van der Waals surface area contributed by atoms with Crippen LogP contribution < -0.4 is 4.74 Å². The molecule has 1 N–H and O–H groups in total. The third kappa shape index (κ3) is 5.12. The maximum Gasteiger partial charge on any atom is 0.119 e. The van der Waals surface area contributed by atoms with E-state index in [4.69, 9.17) is 4.74 Å². The second kappa shape index (κ2) is 11.3. The second-order valence-corrected chi connectivity index (χ2v) is 10.4. The summed E-state index contributed by atoms with van der Waals surface area (Å²) >= 11 is 0. The molecule has 3 aromatic carbocycles. The summed E-state index contributed by atoms with van der Waals surface area (Å²) in [5.74, 6) is 1.75. The lowest BCUT2D eigenvalue weighted by Crippen LogP contribution is -2.47. The van der Waals surface area contributed by atoms with Crippen molar-refractivity contribution in [3.8, 4) is 11.8 Å². The fourth-order valence-electron chi connectivity index (χ4n) is 5.65. The number of hydrogen-bond acceptors (Lipinski definition) is 3. The van der Waals surface area contributed by atoms with Gasteiger partial charge in [0.15, 0.2) is 0 Å². The zero-order valence-electron chi connectivity index (χ0n) is 23.0. The number of rotatable bonds is 9. The van der Waals surface area contributed by atoms with Crippen LogP contribution in [0.15, 0.2) is 66.7 Å². The smallest absolute Gasteiger partial charge is 0.119 e. The molecule has 38 heavy (non-hydrogen) atoms. The highest BCUT2D eigenvalue weighted by Crippen LogP contribution is 2.39. The zero-order chi connectivity index (χ0) is 26.6. The van der Waals surface area contributed by atoms with Crippen molar-refractivity contribution in [2.75, 3.05) is 26.2 Å². The summed E-state index contributed by atoms with van der Waals surface area (Å²) < 4.78 is 6.11. The first-order chi connectivity index (χ1) is 18.5. The Kier molecular flexibility index (Phi) is 7.67. The number of likely N-dealkylation sites (tertiary alicyclic amines) is 1. The molecule has 1 fully saturated rings. The van der Waals surface area contributed by atoms with E-state index >= 15 is 0 Å². The number of aromatic amines is 1. The molecular formula is C34H37N3O. The minimum atomic E-state index is 0.703. The van der Waals surface area contributed by atoms with E-state index in [-0.39, 0.29) is 0 Å². The van der Waals surface area contributed by atoms with Crippen LogP contribution in [0.25, 0.3) is 22.0 Å². The number of aromatic nitrogens is 1. The van der Waals surface area contributed by atoms with Crippen LogP contribution in [0.2, 0.25) is 0 Å². The quantitative estimate of drug-likeness (QED) is 0.238. The van der Waals surface area contributed by atoms with Crippen molar-refractivity contribution in [1.29, 1.82) is 5.26 Å². The topological polar surface area (TPSA) is 52.0 Å². The van der Waals surface area contributed by atoms with Crippen molar-refractivity contribution in [3.05, 3.63) is 100 Å². The van der Waals surface area contributed by atoms with Crippen LogP contribution in [0, 0.1) is 31.1 Å². The van der Waals surface area contributed by atoms with Crippen LogP contribution in [0.1, 0.15) is 60.2 Å². The number of para-hydroxylation sites is 1. The average molecular weight is 504 g/mol. The number of hydrogen-bond donors (Lipinski definition) is 1. The molecule has 194 valence electrons. The van der Waals surface area contributed by atoms with Crippen molar-refractivity contribution in [2.24, 2.45) is 5.92 Å². The molecule has 4 nitrogen and oxygen atoms in total. The van der Waals surface area contributed by atoms with E-state index in [1.54, 1.807) is 0 Å². The molecule has 5 rings (SSSR count). The number of H-pyrrole nitrogens is 1. The van der Waals surface area contributed by atoms with E-state index in [1.807, 2.05) is 13.0 Å². The summed E-state index contributed by atoms with van der Waals surface area (Å²) in [6.45, 7) is 12.7. The van der Waals surface area contributed by atoms with E-state index in [9.17, 15) is 5.26 Å². The molecule has 0 atom stereocenters. The van der Waals surface area contributed by atoms with Crippen LogP contribution in [0.3, 0.4) is 0 Å². The maximum absolute atomic E-state index is 9.99. The van der Waals surface area contributed by atoms with E-state index in [0.29, 0.717) is 12.2 Å². The van der Waals surface area contributed by atoms with Gasteiger partial charge in [0.05, 0.1) is 17.3 Å². The normalized spacial score (nSPS) is 14.7. The molecule has 0 saturated carbocycles. The third-order valence-corrected chi connectivity index (χ3v) is 7.92. The summed E-state index contributed by atoms with van der Waals surface area (Å²) in [5, 5.41) is 11.2. The van der Waals surface area contributed by atoms with Crippen molar-refractivity contribution in [2.45, 2.75) is 40.5 Å². The predicted octanol–water partition coefficient (Wildman–Crippen LogP) is 7.75. The highest BCUT2D eigenvalue weighted by Gasteiger charge is 2.24. The Morgan fingerprint density at radius 2 is 1.79 bits per heavy atom. The molecule has 0 bridgehead atoms. The van der Waals surface area contributed by atoms with Gasteiger partial charge in [-0.15, -0.1) is 0 Å². The standard InChI is InChI=1S/C34H37N3O/c1-5-25-21-37(22-25)17-18-38-28-14-12-26(13-15-28)33(34-24(4)30-9-7-8-10-32(30)36-34)29(6-2)31-16-11-23(3)19-27(31)20-35/h7-16,19,25,36H,5-6,17-18,21-22H2,1-4H3/b33-29+. The molecule has 0 amide bonds. The van der Waals surface area contributed by atoms with Crippen molar-refractivity contribution in [3.63, 3.8) is 0 Å². The molecule has 4 aromatic rings. The summed E-state index contributed by atoms with van der Waals surface area (Å²) in [4.78, 5) is 6.16. The van der Waals surface area contributed by atoms with Gasteiger partial charge in [-0.2, -0.15) is 5.26 Å². The Bertz CT molecular complexity index is 1500. The molecule has 0 spiro atoms. The fraction of sp³-hybridized carbons (Fsp3) is 0.324. The Morgan fingerprint density at radius 3 is 2.47 bits per heavy atom. The van der Waals surface area contributed by atoms with Crippen LogP contribution in [0.4, 0.5) is 0 Å². The first kappa shape index (κ1) is 25.8. The number of benzene rings is 3. The molecule has 1 aromatic heterocycles. The highest BCUT2D eigenvalue weighted by atomic mass is 16.5. The van der Waals surface area contributed by atoms with Crippen molar-refractivity contribution in [1.82, 2.24) is 9.88 Å². The Balaban J connectivity index is 1.53. The van der Waals surface area contributed by atoms with E-state index in [2.05, 4.69) is 97.4 Å². The lowest BCUT2D eigenvalue weighted by molar-refractivity contribution is 0.0806. The number of fused-ring (bicyclic) bond motifs is 1. The van der Waals surface area contributed by atoms with E-state index < -0.39 is 0 Å². The third-order valence-electron chi connectivity index (χ3n) is 7.92. The molecular weight excluding hydrogens is 466 g/mol. The van der Waals surface area contributed by atoms with Gasteiger partial charge in [-0.3, -0.25) is 4.90 Å². The summed E-state index contributed by atoms with van der Waals surface area (Å²) in [6.07, 6.45) is 2.07. The number of nitrogens with zero attached hydrogens (tertiary/aromatic N) is 2. The summed E-state index contributed by atoms with van der Waals surface area (Å²) in [7, 11) is 0. The first-order valence-electron chi connectivity index (χ1n) is 13.8. The Labute approximate surface area is 226 Å². The van der Waals surface area contributed by atoms with Gasteiger partial charge in [-0.25, -0.2) is 0 Å². The van der Waals surface area contributed by atoms with E-state index in [1.165, 1.54) is 30.5 Å². The van der Waals surface area contributed by atoms with Gasteiger partial charge in [0.1, 0.15) is 12.4 Å². The van der Waals surface area contributed by atoms with Gasteiger partial charge in [0.2, 0.25) is 0 Å². The molecule has 4 heteroatoms. The van der Waals surface area contributed by atoms with Crippen LogP contribution in [-0.2, 0) is 0 Å². The van der Waals surface area contributed by atoms with Crippen LogP contribution in [-0.4, -0.2) is 36.1 Å². The van der Waals surface area contributed by atoms with Gasteiger partial charge in [0, 0.05) is 36.1 Å². The number of aryl methyl sites for hydroxylation is 2. The predicted molar refractivity (Wildman–Crippen MR) is 157 cm³/mol. The number of ether oxygens (including phenoxy) is 1. The summed E-state index contributed by atoms with van der Waals surface area (Å²) in [6, 6.07) is 25.5. The molecule has 1 saturated heterocycles. The fourth-order valence-corrected chi connectivity index (χ4v) is 5.65. The lowest BCUT2D eigenvalue weighted by Gasteiger charge is -2.38. The number of allylic oxidation sites excluding steroid dienone is 1. The zero-order valence-corrected chi connectivity index (χ0v) is 23.0. The van der Waals surface area contributed by atoms with Crippen molar-refractivity contribution < 1.29 is 4.74 Å². The van der Waals surface area contributed by atoms with E-state index in [0.717, 1.165) is 63.7 Å². The molecule has 0 unspecified atom stereocenters. The van der Waals surface area contributed by atoms with Gasteiger partial charge < -0.3 is 9.72 Å². The van der Waals surface area contributed by atoms with Crippen molar-refractivity contribution >= 4 is 22.0 Å². The summed E-state index contributed by atoms with van der Waals surface area (Å²) in [5.41, 5.74) is 9.65. The van der Waals surface area contributed by atoms with Gasteiger partial charge in [0.25, 0.3) is 0 Å². The number of nitrogens with one attached hydrogen (secondary N) is 1. The largest absolute Gasteiger partial charge is 0.492 e. The molecule has 0 radical (unpaired) electrons. The Morgan fingerprint density at radius 1 is 1.03 bits per heavy atom. The van der Waals surface area contributed by atoms with Gasteiger partial charge in [-0.05, 0) is 78.3 Å². The Hall–Kier alpha value is -3.81. The molecule has 2 heterocycles. The minimum Gasteiger partial charge on any atom is -0.492 e. The van der Waals surface area contributed by atoms with Gasteiger partial charge >= 0.3 is 0 Å². The maximum atomic E-state index is 9.99. The van der Waals surface area contributed by atoms with Crippen LogP contribution in [0.5, 0.6) is 5.75 Å². The SMILES string of the molecule is CC/C(=C(/c1ccc(OCCN2CC(CC)C2)cc1)c1[nH]c2ccccc2c1C)c1ccc(C)cc1C#N.